The van der Waals surface area contributed by atoms with Gasteiger partial charge in [-0.15, -0.1) is 0 Å². The van der Waals surface area contributed by atoms with Gasteiger partial charge in [0.2, 0.25) is 0 Å². The average Bonchev–Trinajstić information content (AvgIpc) is 2.38. The van der Waals surface area contributed by atoms with Crippen LogP contribution in [0.15, 0.2) is 29.2 Å². The molecule has 1 aromatic rings. The molecule has 4 nitrogen and oxygen atoms in total. The van der Waals surface area contributed by atoms with Gasteiger partial charge in [-0.05, 0) is 18.1 Å². The van der Waals surface area contributed by atoms with Crippen molar-refractivity contribution >= 4 is 9.84 Å². The number of rotatable bonds is 3. The summed E-state index contributed by atoms with van der Waals surface area (Å²) in [7, 11) is -3.45. The predicted octanol–water partition coefficient (Wildman–Crippen LogP) is 1.17. The Labute approximate surface area is 115 Å². The van der Waals surface area contributed by atoms with Crippen molar-refractivity contribution in [2.24, 2.45) is 5.73 Å². The van der Waals surface area contributed by atoms with Gasteiger partial charge in [0.15, 0.2) is 9.84 Å². The van der Waals surface area contributed by atoms with E-state index < -0.39 is 28.1 Å². The summed E-state index contributed by atoms with van der Waals surface area (Å²) in [5.41, 5.74) is 4.81. The molecule has 0 aliphatic carbocycles. The lowest BCUT2D eigenvalue weighted by molar-refractivity contribution is -0.129. The van der Waals surface area contributed by atoms with Crippen LogP contribution in [0.4, 0.5) is 13.2 Å². The minimum absolute atomic E-state index is 0.0267. The topological polar surface area (TPSA) is 72.2 Å². The van der Waals surface area contributed by atoms with E-state index in [1.807, 2.05) is 0 Å². The van der Waals surface area contributed by atoms with Crippen LogP contribution in [0.5, 0.6) is 0 Å². The van der Waals surface area contributed by atoms with Crippen molar-refractivity contribution in [3.8, 4) is 0 Å². The number of alkyl halides is 3. The molecule has 1 aliphatic rings. The Kier molecular flexibility index (Phi) is 3.83. The highest BCUT2D eigenvalue weighted by Crippen LogP contribution is 2.36. The van der Waals surface area contributed by atoms with Crippen LogP contribution in [0, 0.1) is 0 Å². The monoisotopic (exact) mass is 308 g/mol. The van der Waals surface area contributed by atoms with Crippen LogP contribution in [0.1, 0.15) is 12.0 Å². The molecule has 0 bridgehead atoms. The van der Waals surface area contributed by atoms with Crippen molar-refractivity contribution in [3.05, 3.63) is 29.8 Å². The number of hydrogen-bond donors (Lipinski definition) is 2. The molecule has 112 valence electrons. The Balaban J connectivity index is 2.45. The molecular formula is C12H15F3N2O2S. The Morgan fingerprint density at radius 3 is 2.55 bits per heavy atom. The van der Waals surface area contributed by atoms with Crippen molar-refractivity contribution in [2.75, 3.05) is 18.8 Å². The molecule has 1 aromatic carbocycles. The second kappa shape index (κ2) is 5.01. The summed E-state index contributed by atoms with van der Waals surface area (Å²) in [6, 6.07) is 6.07. The van der Waals surface area contributed by atoms with Crippen LogP contribution in [-0.2, 0) is 15.4 Å². The average molecular weight is 308 g/mol. The molecule has 3 N–H and O–H groups in total. The first-order chi connectivity index (χ1) is 9.20. The fraction of sp³-hybridized carbons (Fsp3) is 0.500. The maximum Gasteiger partial charge on any atom is 0.401 e. The zero-order chi connectivity index (χ0) is 15.0. The third kappa shape index (κ3) is 2.82. The van der Waals surface area contributed by atoms with Crippen LogP contribution in [-0.4, -0.2) is 33.4 Å². The molecule has 0 amide bonds. The van der Waals surface area contributed by atoms with Gasteiger partial charge in [0.05, 0.1) is 22.7 Å². The summed E-state index contributed by atoms with van der Waals surface area (Å²) in [6.07, 6.45) is -4.35. The van der Waals surface area contributed by atoms with Crippen molar-refractivity contribution in [3.63, 3.8) is 0 Å². The summed E-state index contributed by atoms with van der Waals surface area (Å²) < 4.78 is 61.2. The van der Waals surface area contributed by atoms with Gasteiger partial charge in [-0.25, -0.2) is 8.42 Å². The van der Waals surface area contributed by atoms with Crippen LogP contribution < -0.4 is 11.1 Å². The van der Waals surface area contributed by atoms with Crippen LogP contribution in [0.3, 0.4) is 0 Å². The van der Waals surface area contributed by atoms with E-state index >= 15 is 0 Å². The number of halogens is 3. The minimum Gasteiger partial charge on any atom is -0.328 e. The number of fused-ring (bicyclic) bond motifs is 1. The first-order valence-corrected chi connectivity index (χ1v) is 7.70. The molecular weight excluding hydrogens is 293 g/mol. The Bertz CT molecular complexity index is 601. The smallest absolute Gasteiger partial charge is 0.328 e. The molecule has 0 fully saturated rings. The van der Waals surface area contributed by atoms with Gasteiger partial charge in [0.1, 0.15) is 0 Å². The van der Waals surface area contributed by atoms with E-state index in [0.29, 0.717) is 5.56 Å². The zero-order valence-electron chi connectivity index (χ0n) is 10.6. The lowest BCUT2D eigenvalue weighted by atomic mass is 9.86. The molecule has 1 unspecified atom stereocenters. The molecule has 0 aromatic heterocycles. The maximum atomic E-state index is 12.4. The van der Waals surface area contributed by atoms with Gasteiger partial charge in [-0.3, -0.25) is 5.32 Å². The Morgan fingerprint density at radius 1 is 1.30 bits per heavy atom. The van der Waals surface area contributed by atoms with E-state index in [0.717, 1.165) is 0 Å². The summed E-state index contributed by atoms with van der Waals surface area (Å²) in [5.74, 6) is -0.216. The third-order valence-corrected chi connectivity index (χ3v) is 5.28. The van der Waals surface area contributed by atoms with Crippen molar-refractivity contribution in [2.45, 2.75) is 23.0 Å². The standard InChI is InChI=1S/C12H15F3N2O2S/c13-12(14,15)8-17-11(7-16)5-6-20(18,19)10-4-2-1-3-9(10)11/h1-4,17H,5-8,16H2. The van der Waals surface area contributed by atoms with E-state index in [4.69, 9.17) is 5.73 Å². The number of nitrogens with one attached hydrogen (secondary N) is 1. The predicted molar refractivity (Wildman–Crippen MR) is 67.9 cm³/mol. The fourth-order valence-electron chi connectivity index (χ4n) is 2.42. The van der Waals surface area contributed by atoms with E-state index in [2.05, 4.69) is 5.32 Å². The summed E-state index contributed by atoms with van der Waals surface area (Å²) in [4.78, 5) is 0.0615. The quantitative estimate of drug-likeness (QED) is 0.879. The third-order valence-electron chi connectivity index (χ3n) is 3.51. The zero-order valence-corrected chi connectivity index (χ0v) is 11.4. The lowest BCUT2D eigenvalue weighted by Crippen LogP contribution is -2.54. The molecule has 8 heteroatoms. The van der Waals surface area contributed by atoms with Gasteiger partial charge in [-0.2, -0.15) is 13.2 Å². The molecule has 20 heavy (non-hydrogen) atoms. The van der Waals surface area contributed by atoms with E-state index in [-0.39, 0.29) is 23.6 Å². The van der Waals surface area contributed by atoms with Gasteiger partial charge >= 0.3 is 6.18 Å². The first-order valence-electron chi connectivity index (χ1n) is 6.04. The summed E-state index contributed by atoms with van der Waals surface area (Å²) in [6.45, 7) is -1.31. The molecule has 2 rings (SSSR count). The second-order valence-electron chi connectivity index (χ2n) is 4.82. The fourth-order valence-corrected chi connectivity index (χ4v) is 4.15. The SMILES string of the molecule is NCC1(NCC(F)(F)F)CCS(=O)(=O)c2ccccc21. The molecule has 0 radical (unpaired) electrons. The van der Waals surface area contributed by atoms with Gasteiger partial charge in [-0.1, -0.05) is 18.2 Å². The highest BCUT2D eigenvalue weighted by Gasteiger charge is 2.43. The first kappa shape index (κ1) is 15.3. The van der Waals surface area contributed by atoms with E-state index in [1.165, 1.54) is 12.1 Å². The van der Waals surface area contributed by atoms with Gasteiger partial charge < -0.3 is 5.73 Å². The largest absolute Gasteiger partial charge is 0.401 e. The summed E-state index contributed by atoms with van der Waals surface area (Å²) >= 11 is 0. The van der Waals surface area contributed by atoms with Crippen molar-refractivity contribution < 1.29 is 21.6 Å². The van der Waals surface area contributed by atoms with E-state index in [1.54, 1.807) is 12.1 Å². The molecule has 1 heterocycles. The maximum absolute atomic E-state index is 12.4. The van der Waals surface area contributed by atoms with Gasteiger partial charge in [0.25, 0.3) is 0 Å². The van der Waals surface area contributed by atoms with Gasteiger partial charge in [0, 0.05) is 6.54 Å². The normalized spacial score (nSPS) is 25.2. The number of sulfone groups is 1. The van der Waals surface area contributed by atoms with Crippen LogP contribution in [0.25, 0.3) is 0 Å². The molecule has 0 saturated heterocycles. The van der Waals surface area contributed by atoms with Crippen molar-refractivity contribution in [1.29, 1.82) is 0 Å². The number of benzene rings is 1. The summed E-state index contributed by atoms with van der Waals surface area (Å²) in [5, 5.41) is 2.40. The Morgan fingerprint density at radius 2 is 1.95 bits per heavy atom. The van der Waals surface area contributed by atoms with Crippen LogP contribution in [0.2, 0.25) is 0 Å². The lowest BCUT2D eigenvalue weighted by Gasteiger charge is -2.39. The highest BCUT2D eigenvalue weighted by atomic mass is 32.2. The number of hydrogen-bond acceptors (Lipinski definition) is 4. The molecule has 1 aliphatic heterocycles. The molecule has 0 saturated carbocycles. The highest BCUT2D eigenvalue weighted by molar-refractivity contribution is 7.91. The number of nitrogens with two attached hydrogens (primary N) is 1. The van der Waals surface area contributed by atoms with Crippen molar-refractivity contribution in [1.82, 2.24) is 5.32 Å². The molecule has 0 spiro atoms. The molecule has 1 atom stereocenters. The van der Waals surface area contributed by atoms with Crippen LogP contribution >= 0.6 is 0 Å². The van der Waals surface area contributed by atoms with E-state index in [9.17, 15) is 21.6 Å². The second-order valence-corrected chi connectivity index (χ2v) is 6.90. The minimum atomic E-state index is -4.38. The Hall–Kier alpha value is -1.12.